The number of aliphatic hydroxyl groups is 1. The lowest BCUT2D eigenvalue weighted by Gasteiger charge is -2.06. The van der Waals surface area contributed by atoms with Crippen molar-refractivity contribution in [1.29, 1.82) is 0 Å². The third-order valence-electron chi connectivity index (χ3n) is 0.892. The number of hydroxylamine groups is 1. The molecular weight excluding hydrogens is 182 g/mol. The first-order chi connectivity index (χ1) is 5.04. The van der Waals surface area contributed by atoms with Crippen molar-refractivity contribution in [1.82, 2.24) is 5.48 Å². The number of hydrogen-bond acceptors (Lipinski definition) is 4. The van der Waals surface area contributed by atoms with Crippen molar-refractivity contribution in [2.24, 2.45) is 0 Å². The molecule has 0 saturated carbocycles. The van der Waals surface area contributed by atoms with Crippen LogP contribution in [-0.2, 0) is 9.63 Å². The third-order valence-corrected chi connectivity index (χ3v) is 0.892. The first-order valence-corrected chi connectivity index (χ1v) is 3.31. The Morgan fingerprint density at radius 1 is 1.75 bits per heavy atom. The van der Waals surface area contributed by atoms with E-state index in [0.29, 0.717) is 5.57 Å². The molecule has 0 aromatic rings. The SMILES string of the molecule is C=C(C)C(=O)ONCC(C)O.Cl. The fourth-order valence-electron chi connectivity index (χ4n) is 0.315. The van der Waals surface area contributed by atoms with Crippen molar-refractivity contribution in [3.63, 3.8) is 0 Å². The Hall–Kier alpha value is -0.580. The largest absolute Gasteiger partial charge is 0.392 e. The zero-order chi connectivity index (χ0) is 8.85. The van der Waals surface area contributed by atoms with Crippen LogP contribution >= 0.6 is 12.4 Å². The highest BCUT2D eigenvalue weighted by molar-refractivity contribution is 5.86. The van der Waals surface area contributed by atoms with Crippen molar-refractivity contribution >= 4 is 18.4 Å². The minimum absolute atomic E-state index is 0. The van der Waals surface area contributed by atoms with Crippen molar-refractivity contribution < 1.29 is 14.7 Å². The van der Waals surface area contributed by atoms with Crippen LogP contribution in [0.1, 0.15) is 13.8 Å². The Morgan fingerprint density at radius 3 is 2.58 bits per heavy atom. The maximum atomic E-state index is 10.7. The molecule has 0 radical (unpaired) electrons. The van der Waals surface area contributed by atoms with Crippen molar-refractivity contribution in [3.8, 4) is 0 Å². The summed E-state index contributed by atoms with van der Waals surface area (Å²) in [6.45, 7) is 6.73. The van der Waals surface area contributed by atoms with E-state index in [9.17, 15) is 4.79 Å². The van der Waals surface area contributed by atoms with Crippen molar-refractivity contribution in [2.45, 2.75) is 20.0 Å². The lowest BCUT2D eigenvalue weighted by Crippen LogP contribution is -2.27. The van der Waals surface area contributed by atoms with Crippen LogP contribution in [0, 0.1) is 0 Å². The van der Waals surface area contributed by atoms with Gasteiger partial charge in [0.15, 0.2) is 0 Å². The number of halogens is 1. The van der Waals surface area contributed by atoms with Gasteiger partial charge < -0.3 is 9.94 Å². The van der Waals surface area contributed by atoms with Crippen LogP contribution in [0.4, 0.5) is 0 Å². The van der Waals surface area contributed by atoms with E-state index in [-0.39, 0.29) is 19.0 Å². The van der Waals surface area contributed by atoms with Gasteiger partial charge in [-0.25, -0.2) is 4.79 Å². The lowest BCUT2D eigenvalue weighted by molar-refractivity contribution is -0.146. The maximum Gasteiger partial charge on any atom is 0.351 e. The molecule has 1 atom stereocenters. The highest BCUT2D eigenvalue weighted by atomic mass is 35.5. The number of rotatable bonds is 4. The molecule has 0 bridgehead atoms. The number of carbonyl (C=O) groups excluding carboxylic acids is 1. The first-order valence-electron chi connectivity index (χ1n) is 3.31. The lowest BCUT2D eigenvalue weighted by atomic mass is 10.4. The molecule has 0 fully saturated rings. The maximum absolute atomic E-state index is 10.7. The van der Waals surface area contributed by atoms with Gasteiger partial charge in [0.2, 0.25) is 0 Å². The average molecular weight is 196 g/mol. The van der Waals surface area contributed by atoms with Gasteiger partial charge in [-0.3, -0.25) is 0 Å². The molecule has 5 heteroatoms. The van der Waals surface area contributed by atoms with Gasteiger partial charge in [-0.15, -0.1) is 12.4 Å². The van der Waals surface area contributed by atoms with E-state index in [0.717, 1.165) is 0 Å². The smallest absolute Gasteiger partial charge is 0.351 e. The molecule has 4 nitrogen and oxygen atoms in total. The normalized spacial score (nSPS) is 11.2. The van der Waals surface area contributed by atoms with E-state index < -0.39 is 12.1 Å². The molecule has 0 saturated heterocycles. The van der Waals surface area contributed by atoms with E-state index in [1.807, 2.05) is 0 Å². The minimum atomic E-state index is -0.534. The summed E-state index contributed by atoms with van der Waals surface area (Å²) < 4.78 is 0. The number of aliphatic hydroxyl groups excluding tert-OH is 1. The second-order valence-corrected chi connectivity index (χ2v) is 2.37. The van der Waals surface area contributed by atoms with E-state index in [1.54, 1.807) is 13.8 Å². The molecule has 0 aromatic carbocycles. The summed E-state index contributed by atoms with van der Waals surface area (Å²) in [7, 11) is 0. The number of nitrogens with one attached hydrogen (secondary N) is 1. The first kappa shape index (κ1) is 14.0. The van der Waals surface area contributed by atoms with Gasteiger partial charge in [0.05, 0.1) is 12.6 Å². The van der Waals surface area contributed by atoms with Crippen LogP contribution < -0.4 is 5.48 Å². The standard InChI is InChI=1S/C7H13NO3.ClH/c1-5(2)7(10)11-8-4-6(3)9;/h6,8-9H,1,4H2,2-3H3;1H. The summed E-state index contributed by atoms with van der Waals surface area (Å²) in [5.74, 6) is -0.509. The van der Waals surface area contributed by atoms with Gasteiger partial charge in [-0.05, 0) is 13.8 Å². The van der Waals surface area contributed by atoms with E-state index in [1.165, 1.54) is 0 Å². The summed E-state index contributed by atoms with van der Waals surface area (Å²) in [6.07, 6.45) is -0.534. The minimum Gasteiger partial charge on any atom is -0.392 e. The molecule has 72 valence electrons. The topological polar surface area (TPSA) is 58.6 Å². The zero-order valence-corrected chi connectivity index (χ0v) is 7.98. The van der Waals surface area contributed by atoms with Crippen LogP contribution in [0.15, 0.2) is 12.2 Å². The monoisotopic (exact) mass is 195 g/mol. The predicted molar refractivity (Wildman–Crippen MR) is 47.8 cm³/mol. The van der Waals surface area contributed by atoms with E-state index in [2.05, 4.69) is 16.9 Å². The van der Waals surface area contributed by atoms with Crippen molar-refractivity contribution in [2.75, 3.05) is 6.54 Å². The Bertz CT molecular complexity index is 159. The molecule has 0 rings (SSSR count). The van der Waals surface area contributed by atoms with Crippen LogP contribution in [0.5, 0.6) is 0 Å². The van der Waals surface area contributed by atoms with Gasteiger partial charge in [-0.2, -0.15) is 5.48 Å². The zero-order valence-electron chi connectivity index (χ0n) is 7.16. The molecule has 2 N–H and O–H groups in total. The molecule has 0 aliphatic rings. The van der Waals surface area contributed by atoms with Crippen LogP contribution in [0.2, 0.25) is 0 Å². The van der Waals surface area contributed by atoms with Crippen LogP contribution in [-0.4, -0.2) is 23.7 Å². The highest BCUT2D eigenvalue weighted by Gasteiger charge is 2.02. The molecule has 0 aliphatic carbocycles. The molecule has 1 unspecified atom stereocenters. The Labute approximate surface area is 78.0 Å². The summed E-state index contributed by atoms with van der Waals surface area (Å²) >= 11 is 0. The van der Waals surface area contributed by atoms with Gasteiger partial charge in [0, 0.05) is 5.57 Å². The predicted octanol–water partition coefficient (Wildman–Crippen LogP) is 0.413. The van der Waals surface area contributed by atoms with Gasteiger partial charge in [-0.1, -0.05) is 6.58 Å². The third kappa shape index (κ3) is 7.53. The Morgan fingerprint density at radius 2 is 2.25 bits per heavy atom. The molecule has 12 heavy (non-hydrogen) atoms. The average Bonchev–Trinajstić information content (AvgIpc) is 1.86. The summed E-state index contributed by atoms with van der Waals surface area (Å²) in [4.78, 5) is 15.1. The van der Waals surface area contributed by atoms with E-state index in [4.69, 9.17) is 5.11 Å². The van der Waals surface area contributed by atoms with Crippen molar-refractivity contribution in [3.05, 3.63) is 12.2 Å². The van der Waals surface area contributed by atoms with Crippen LogP contribution in [0.25, 0.3) is 0 Å². The quantitative estimate of drug-likeness (QED) is 0.504. The molecule has 0 heterocycles. The van der Waals surface area contributed by atoms with Gasteiger partial charge >= 0.3 is 5.97 Å². The molecule has 0 amide bonds. The Kier molecular flexibility index (Phi) is 8.26. The summed E-state index contributed by atoms with van der Waals surface area (Å²) in [5.41, 5.74) is 2.63. The highest BCUT2D eigenvalue weighted by Crippen LogP contribution is 1.88. The molecule has 0 aliphatic heterocycles. The molecule has 0 spiro atoms. The van der Waals surface area contributed by atoms with Gasteiger partial charge in [0.25, 0.3) is 0 Å². The molecular formula is C7H14ClNO3. The number of hydrogen-bond donors (Lipinski definition) is 2. The van der Waals surface area contributed by atoms with Gasteiger partial charge in [0.1, 0.15) is 0 Å². The molecule has 0 aromatic heterocycles. The fourth-order valence-corrected chi connectivity index (χ4v) is 0.315. The second kappa shape index (κ2) is 7.09. The fraction of sp³-hybridized carbons (Fsp3) is 0.571. The number of carbonyl (C=O) groups is 1. The second-order valence-electron chi connectivity index (χ2n) is 2.37. The van der Waals surface area contributed by atoms with Crippen LogP contribution in [0.3, 0.4) is 0 Å². The van der Waals surface area contributed by atoms with E-state index >= 15 is 0 Å². The summed E-state index contributed by atoms with van der Waals surface area (Å²) in [5, 5.41) is 8.73. The summed E-state index contributed by atoms with van der Waals surface area (Å²) in [6, 6.07) is 0. The Balaban J connectivity index is 0.